The summed E-state index contributed by atoms with van der Waals surface area (Å²) in [5.74, 6) is -0.391. The molecule has 1 saturated carbocycles. The van der Waals surface area contributed by atoms with Crippen LogP contribution in [0.15, 0.2) is 24.3 Å². The van der Waals surface area contributed by atoms with E-state index in [1.807, 2.05) is 0 Å². The van der Waals surface area contributed by atoms with E-state index in [2.05, 4.69) is 5.32 Å². The molecule has 1 amide bonds. The molecule has 1 aromatic carbocycles. The summed E-state index contributed by atoms with van der Waals surface area (Å²) in [5, 5.41) is 3.11. The number of alkyl carbamates (subject to hydrolysis) is 1. The van der Waals surface area contributed by atoms with E-state index >= 15 is 0 Å². The minimum atomic E-state index is -0.903. The summed E-state index contributed by atoms with van der Waals surface area (Å²) in [4.78, 5) is 35.8. The van der Waals surface area contributed by atoms with Crippen molar-refractivity contribution in [2.24, 2.45) is 5.92 Å². The molecular weight excluding hydrogens is 421 g/mol. The Morgan fingerprint density at radius 1 is 1.10 bits per heavy atom. The SMILES string of the molecule is CCC(OC(=O)NCCCC(=O)Oc1ccc(Cl)cc1)OC(=O)C1CCCCC1.[NaH]. The molecule has 7 nitrogen and oxygen atoms in total. The van der Waals surface area contributed by atoms with Crippen LogP contribution in [0.3, 0.4) is 0 Å². The number of esters is 2. The summed E-state index contributed by atoms with van der Waals surface area (Å²) in [6.45, 7) is 2.01. The Labute approximate surface area is 204 Å². The van der Waals surface area contributed by atoms with Crippen LogP contribution in [-0.4, -0.2) is 60.4 Å². The second-order valence-electron chi connectivity index (χ2n) is 6.97. The van der Waals surface area contributed by atoms with Crippen LogP contribution in [0, 0.1) is 5.92 Å². The number of amides is 1. The summed E-state index contributed by atoms with van der Waals surface area (Å²) in [6, 6.07) is 6.48. The van der Waals surface area contributed by atoms with Crippen LogP contribution in [0.1, 0.15) is 58.3 Å². The molecule has 0 radical (unpaired) electrons. The molecule has 0 aliphatic heterocycles. The van der Waals surface area contributed by atoms with Crippen LogP contribution in [0.2, 0.25) is 5.02 Å². The molecule has 2 rings (SSSR count). The Kier molecular flexibility index (Phi) is 13.1. The first-order valence-electron chi connectivity index (χ1n) is 10.1. The number of ether oxygens (including phenoxy) is 3. The molecule has 0 heterocycles. The number of carbonyl (C=O) groups is 3. The van der Waals surface area contributed by atoms with E-state index in [9.17, 15) is 14.4 Å². The molecule has 1 aliphatic carbocycles. The molecule has 9 heteroatoms. The van der Waals surface area contributed by atoms with E-state index in [0.29, 0.717) is 23.6 Å². The van der Waals surface area contributed by atoms with Crippen molar-refractivity contribution in [3.8, 4) is 5.75 Å². The van der Waals surface area contributed by atoms with Crippen molar-refractivity contribution in [3.05, 3.63) is 29.3 Å². The van der Waals surface area contributed by atoms with Gasteiger partial charge in [0.15, 0.2) is 0 Å². The van der Waals surface area contributed by atoms with Gasteiger partial charge in [0.2, 0.25) is 6.29 Å². The Hall–Kier alpha value is -1.28. The van der Waals surface area contributed by atoms with Crippen molar-refractivity contribution >= 4 is 59.2 Å². The predicted octanol–water partition coefficient (Wildman–Crippen LogP) is 3.96. The first-order chi connectivity index (χ1) is 14.0. The normalized spacial score (nSPS) is 14.7. The average molecular weight is 450 g/mol. The molecule has 1 unspecified atom stereocenters. The molecule has 1 aliphatic rings. The number of nitrogens with one attached hydrogen (secondary N) is 1. The number of hydrogen-bond acceptors (Lipinski definition) is 6. The van der Waals surface area contributed by atoms with Gasteiger partial charge in [-0.2, -0.15) is 0 Å². The summed E-state index contributed by atoms with van der Waals surface area (Å²) in [5.41, 5.74) is 0. The molecule has 0 bridgehead atoms. The van der Waals surface area contributed by atoms with E-state index < -0.39 is 18.4 Å². The zero-order valence-electron chi connectivity index (χ0n) is 16.7. The zero-order chi connectivity index (χ0) is 21.1. The molecule has 162 valence electrons. The third kappa shape index (κ3) is 10.2. The maximum atomic E-state index is 12.2. The number of hydrogen-bond donors (Lipinski definition) is 1. The van der Waals surface area contributed by atoms with Crippen LogP contribution in [0.4, 0.5) is 4.79 Å². The van der Waals surface area contributed by atoms with Crippen molar-refractivity contribution in [3.63, 3.8) is 0 Å². The van der Waals surface area contributed by atoms with Crippen molar-refractivity contribution < 1.29 is 28.6 Å². The topological polar surface area (TPSA) is 90.9 Å². The molecule has 0 spiro atoms. The first kappa shape index (κ1) is 26.8. The fourth-order valence-electron chi connectivity index (χ4n) is 3.02. The first-order valence-corrected chi connectivity index (χ1v) is 10.5. The fraction of sp³-hybridized carbons (Fsp3) is 0.571. The van der Waals surface area contributed by atoms with Crippen LogP contribution in [-0.2, 0) is 19.1 Å². The van der Waals surface area contributed by atoms with E-state index in [0.717, 1.165) is 32.1 Å². The van der Waals surface area contributed by atoms with Crippen LogP contribution in [0.25, 0.3) is 0 Å². The molecular formula is C21H29ClNNaO6. The van der Waals surface area contributed by atoms with Crippen molar-refractivity contribution in [1.82, 2.24) is 5.32 Å². The molecule has 1 N–H and O–H groups in total. The van der Waals surface area contributed by atoms with E-state index in [-0.39, 0.29) is 54.4 Å². The summed E-state index contributed by atoms with van der Waals surface area (Å²) in [6.07, 6.45) is 4.17. The second kappa shape index (κ2) is 14.7. The van der Waals surface area contributed by atoms with Crippen LogP contribution in [0.5, 0.6) is 5.75 Å². The third-order valence-corrected chi connectivity index (χ3v) is 4.88. The van der Waals surface area contributed by atoms with Gasteiger partial charge in [0, 0.05) is 24.4 Å². The Balaban J connectivity index is 0.00000450. The molecule has 30 heavy (non-hydrogen) atoms. The quantitative estimate of drug-likeness (QED) is 0.202. The Bertz CT molecular complexity index is 679. The maximum absolute atomic E-state index is 12.2. The van der Waals surface area contributed by atoms with E-state index in [4.69, 9.17) is 25.8 Å². The van der Waals surface area contributed by atoms with Crippen LogP contribution >= 0.6 is 11.6 Å². The Morgan fingerprint density at radius 3 is 2.40 bits per heavy atom. The standard InChI is InChI=1S/C21H28ClNO6.Na.H/c1-2-19(28-20(25)15-7-4-3-5-8-15)29-21(26)23-14-6-9-18(24)27-17-12-10-16(22)11-13-17;;/h10-13,15,19H,2-9,14H2,1H3,(H,23,26);;. The third-order valence-electron chi connectivity index (χ3n) is 4.63. The number of rotatable bonds is 9. The number of carbonyl (C=O) groups excluding carboxylic acids is 3. The predicted molar refractivity (Wildman–Crippen MR) is 115 cm³/mol. The monoisotopic (exact) mass is 449 g/mol. The molecule has 0 aromatic heterocycles. The zero-order valence-corrected chi connectivity index (χ0v) is 17.4. The van der Waals surface area contributed by atoms with Gasteiger partial charge in [-0.25, -0.2) is 4.79 Å². The van der Waals surface area contributed by atoms with E-state index in [1.54, 1.807) is 31.2 Å². The van der Waals surface area contributed by atoms with Gasteiger partial charge in [0.25, 0.3) is 0 Å². The molecule has 1 aromatic rings. The van der Waals surface area contributed by atoms with E-state index in [1.165, 1.54) is 0 Å². The summed E-state index contributed by atoms with van der Waals surface area (Å²) < 4.78 is 15.6. The van der Waals surface area contributed by atoms with Crippen LogP contribution < -0.4 is 10.1 Å². The molecule has 0 saturated heterocycles. The number of benzene rings is 1. The second-order valence-corrected chi connectivity index (χ2v) is 7.41. The van der Waals surface area contributed by atoms with Gasteiger partial charge < -0.3 is 19.5 Å². The molecule has 1 atom stereocenters. The Morgan fingerprint density at radius 2 is 1.77 bits per heavy atom. The van der Waals surface area contributed by atoms with Crippen molar-refractivity contribution in [2.45, 2.75) is 64.6 Å². The fourth-order valence-corrected chi connectivity index (χ4v) is 3.15. The van der Waals surface area contributed by atoms with Gasteiger partial charge in [-0.3, -0.25) is 9.59 Å². The molecule has 1 fully saturated rings. The summed E-state index contributed by atoms with van der Waals surface area (Å²) in [7, 11) is 0. The van der Waals surface area contributed by atoms with Gasteiger partial charge in [-0.1, -0.05) is 37.8 Å². The van der Waals surface area contributed by atoms with Crippen molar-refractivity contribution in [2.75, 3.05) is 6.54 Å². The van der Waals surface area contributed by atoms with Gasteiger partial charge in [0.1, 0.15) is 5.75 Å². The van der Waals surface area contributed by atoms with Gasteiger partial charge in [-0.15, -0.1) is 0 Å². The average Bonchev–Trinajstić information content (AvgIpc) is 2.73. The summed E-state index contributed by atoms with van der Waals surface area (Å²) >= 11 is 5.77. The van der Waals surface area contributed by atoms with Gasteiger partial charge in [0.05, 0.1) is 5.92 Å². The number of halogens is 1. The minimum absolute atomic E-state index is 0. The van der Waals surface area contributed by atoms with Gasteiger partial charge in [-0.05, 0) is 43.5 Å². The van der Waals surface area contributed by atoms with Crippen molar-refractivity contribution in [1.29, 1.82) is 0 Å². The van der Waals surface area contributed by atoms with Gasteiger partial charge >= 0.3 is 47.6 Å².